The first-order valence-electron chi connectivity index (χ1n) is 6.68. The van der Waals surface area contributed by atoms with Gasteiger partial charge >= 0.3 is 0 Å². The van der Waals surface area contributed by atoms with Crippen LogP contribution in [0.3, 0.4) is 0 Å². The van der Waals surface area contributed by atoms with Crippen LogP contribution in [-0.4, -0.2) is 23.6 Å². The van der Waals surface area contributed by atoms with Crippen LogP contribution in [0.2, 0.25) is 5.28 Å². The van der Waals surface area contributed by atoms with Crippen molar-refractivity contribution in [3.8, 4) is 0 Å². The highest BCUT2D eigenvalue weighted by Crippen LogP contribution is 2.32. The van der Waals surface area contributed by atoms with E-state index in [0.29, 0.717) is 11.2 Å². The van der Waals surface area contributed by atoms with Crippen LogP contribution in [0.4, 0.5) is 5.82 Å². The monoisotopic (exact) mass is 297 g/mol. The Kier molecular flexibility index (Phi) is 4.63. The molecule has 104 valence electrons. The van der Waals surface area contributed by atoms with E-state index in [9.17, 15) is 0 Å². The van der Waals surface area contributed by atoms with E-state index < -0.39 is 0 Å². The van der Waals surface area contributed by atoms with Gasteiger partial charge in [0.1, 0.15) is 10.6 Å². The van der Waals surface area contributed by atoms with E-state index in [1.807, 2.05) is 0 Å². The molecule has 0 spiro atoms. The minimum Gasteiger partial charge on any atom is -0.359 e. The number of rotatable bonds is 5. The number of thiophene rings is 1. The van der Waals surface area contributed by atoms with E-state index in [1.54, 1.807) is 11.3 Å². The van der Waals surface area contributed by atoms with Gasteiger partial charge in [0.2, 0.25) is 5.28 Å². The van der Waals surface area contributed by atoms with Gasteiger partial charge in [-0.2, -0.15) is 4.98 Å². The molecule has 0 fully saturated rings. The third-order valence-corrected chi connectivity index (χ3v) is 4.49. The Labute approximate surface area is 123 Å². The fraction of sp³-hybridized carbons (Fsp3) is 0.571. The molecule has 0 aliphatic rings. The lowest BCUT2D eigenvalue weighted by atomic mass is 10.1. The second-order valence-corrected chi connectivity index (χ2v) is 6.66. The van der Waals surface area contributed by atoms with Gasteiger partial charge in [-0.25, -0.2) is 4.98 Å². The van der Waals surface area contributed by atoms with Crippen LogP contribution in [0.5, 0.6) is 0 Å². The molecule has 0 radical (unpaired) electrons. The Hall–Kier alpha value is -0.870. The van der Waals surface area contributed by atoms with Crippen molar-refractivity contribution in [3.05, 3.63) is 16.2 Å². The maximum Gasteiger partial charge on any atom is 0.225 e. The van der Waals surface area contributed by atoms with Gasteiger partial charge in [-0.1, -0.05) is 20.8 Å². The second-order valence-electron chi connectivity index (χ2n) is 5.21. The number of anilines is 1. The van der Waals surface area contributed by atoms with E-state index in [4.69, 9.17) is 11.6 Å². The van der Waals surface area contributed by atoms with E-state index in [1.165, 1.54) is 4.88 Å². The average molecular weight is 298 g/mol. The van der Waals surface area contributed by atoms with Gasteiger partial charge in [-0.05, 0) is 36.4 Å². The summed E-state index contributed by atoms with van der Waals surface area (Å²) in [5.41, 5.74) is 0. The quantitative estimate of drug-likeness (QED) is 0.767. The van der Waals surface area contributed by atoms with Crippen molar-refractivity contribution < 1.29 is 0 Å². The summed E-state index contributed by atoms with van der Waals surface area (Å²) in [6.07, 6.45) is 2.16. The van der Waals surface area contributed by atoms with E-state index in [0.717, 1.165) is 35.4 Å². The number of hydrogen-bond acceptors (Lipinski definition) is 4. The van der Waals surface area contributed by atoms with E-state index in [-0.39, 0.29) is 0 Å². The summed E-state index contributed by atoms with van der Waals surface area (Å²) in [7, 11) is 2.07. The normalized spacial score (nSPS) is 11.5. The van der Waals surface area contributed by atoms with Gasteiger partial charge < -0.3 is 4.90 Å². The molecule has 3 nitrogen and oxygen atoms in total. The predicted molar refractivity (Wildman–Crippen MR) is 84.5 cm³/mol. The SMILES string of the molecule is CCc1cc2c(N(C)CCC(C)C)nc(Cl)nc2s1. The number of aryl methyl sites for hydroxylation is 1. The Morgan fingerprint density at radius 2 is 2.11 bits per heavy atom. The van der Waals surface area contributed by atoms with Gasteiger partial charge in [0, 0.05) is 18.5 Å². The smallest absolute Gasteiger partial charge is 0.225 e. The molecular weight excluding hydrogens is 278 g/mol. The van der Waals surface area contributed by atoms with Crippen molar-refractivity contribution in [3.63, 3.8) is 0 Å². The Balaban J connectivity index is 2.37. The molecule has 2 aromatic heterocycles. The molecule has 2 aromatic rings. The largest absolute Gasteiger partial charge is 0.359 e. The number of hydrogen-bond donors (Lipinski definition) is 0. The molecule has 0 saturated carbocycles. The molecule has 0 aromatic carbocycles. The zero-order valence-corrected chi connectivity index (χ0v) is 13.5. The average Bonchev–Trinajstić information content (AvgIpc) is 2.77. The zero-order chi connectivity index (χ0) is 14.0. The molecule has 0 amide bonds. The highest BCUT2D eigenvalue weighted by Gasteiger charge is 2.14. The molecule has 5 heteroatoms. The minimum absolute atomic E-state index is 0.336. The summed E-state index contributed by atoms with van der Waals surface area (Å²) >= 11 is 7.75. The third-order valence-electron chi connectivity index (χ3n) is 3.15. The Bertz CT molecular complexity index is 565. The zero-order valence-electron chi connectivity index (χ0n) is 11.9. The topological polar surface area (TPSA) is 29.0 Å². The fourth-order valence-corrected chi connectivity index (χ4v) is 3.13. The van der Waals surface area contributed by atoms with Crippen molar-refractivity contribution in [1.82, 2.24) is 9.97 Å². The fourth-order valence-electron chi connectivity index (χ4n) is 1.95. The second kappa shape index (κ2) is 6.06. The molecule has 0 atom stereocenters. The predicted octanol–water partition coefficient (Wildman–Crippen LogP) is 4.39. The summed E-state index contributed by atoms with van der Waals surface area (Å²) in [6, 6.07) is 2.19. The van der Waals surface area contributed by atoms with Gasteiger partial charge in [0.25, 0.3) is 0 Å². The van der Waals surface area contributed by atoms with Crippen LogP contribution in [-0.2, 0) is 6.42 Å². The van der Waals surface area contributed by atoms with Crippen LogP contribution >= 0.6 is 22.9 Å². The molecule has 0 unspecified atom stereocenters. The maximum atomic E-state index is 6.04. The van der Waals surface area contributed by atoms with Gasteiger partial charge in [-0.15, -0.1) is 11.3 Å². The lowest BCUT2D eigenvalue weighted by Crippen LogP contribution is -2.21. The van der Waals surface area contributed by atoms with Crippen molar-refractivity contribution in [1.29, 1.82) is 0 Å². The van der Waals surface area contributed by atoms with Crippen molar-refractivity contribution in [2.24, 2.45) is 5.92 Å². The van der Waals surface area contributed by atoms with Crippen LogP contribution < -0.4 is 4.90 Å². The molecular formula is C14H20ClN3S. The lowest BCUT2D eigenvalue weighted by Gasteiger charge is -2.20. The molecule has 0 N–H and O–H groups in total. The molecule has 0 aliphatic heterocycles. The maximum absolute atomic E-state index is 6.04. The summed E-state index contributed by atoms with van der Waals surface area (Å²) in [5, 5.41) is 1.46. The van der Waals surface area contributed by atoms with Gasteiger partial charge in [0.05, 0.1) is 5.39 Å². The third kappa shape index (κ3) is 3.37. The highest BCUT2D eigenvalue weighted by molar-refractivity contribution is 7.18. The van der Waals surface area contributed by atoms with Gasteiger partial charge in [-0.3, -0.25) is 0 Å². The first-order chi connectivity index (χ1) is 9.01. The first kappa shape index (κ1) is 14.5. The van der Waals surface area contributed by atoms with Crippen LogP contribution in [0, 0.1) is 5.92 Å². The van der Waals surface area contributed by atoms with E-state index in [2.05, 4.69) is 48.8 Å². The lowest BCUT2D eigenvalue weighted by molar-refractivity contribution is 0.584. The highest BCUT2D eigenvalue weighted by atomic mass is 35.5. The number of nitrogens with zero attached hydrogens (tertiary/aromatic N) is 3. The van der Waals surface area contributed by atoms with Crippen LogP contribution in [0.25, 0.3) is 10.2 Å². The summed E-state index contributed by atoms with van der Waals surface area (Å²) in [6.45, 7) is 7.60. The molecule has 2 heterocycles. The van der Waals surface area contributed by atoms with Crippen molar-refractivity contribution in [2.45, 2.75) is 33.6 Å². The standard InChI is InChI=1S/C14H20ClN3S/c1-5-10-8-11-12(18(4)7-6-9(2)3)16-14(15)17-13(11)19-10/h8-9H,5-7H2,1-4H3. The first-order valence-corrected chi connectivity index (χ1v) is 7.87. The minimum atomic E-state index is 0.336. The van der Waals surface area contributed by atoms with Crippen LogP contribution in [0.15, 0.2) is 6.07 Å². The molecule has 2 rings (SSSR count). The van der Waals surface area contributed by atoms with Crippen molar-refractivity contribution >= 4 is 39.0 Å². The van der Waals surface area contributed by atoms with Crippen molar-refractivity contribution in [2.75, 3.05) is 18.5 Å². The van der Waals surface area contributed by atoms with E-state index >= 15 is 0 Å². The number of aromatic nitrogens is 2. The Morgan fingerprint density at radius 1 is 1.37 bits per heavy atom. The summed E-state index contributed by atoms with van der Waals surface area (Å²) < 4.78 is 0. The van der Waals surface area contributed by atoms with Gasteiger partial charge in [0.15, 0.2) is 0 Å². The summed E-state index contributed by atoms with van der Waals surface area (Å²) in [4.78, 5) is 13.2. The molecule has 19 heavy (non-hydrogen) atoms. The molecule has 0 aliphatic carbocycles. The number of fused-ring (bicyclic) bond motifs is 1. The molecule has 0 bridgehead atoms. The Morgan fingerprint density at radius 3 is 2.74 bits per heavy atom. The molecule has 0 saturated heterocycles. The number of halogens is 1. The van der Waals surface area contributed by atoms with Crippen LogP contribution in [0.1, 0.15) is 32.1 Å². The summed E-state index contributed by atoms with van der Waals surface area (Å²) in [5.74, 6) is 1.63.